The van der Waals surface area contributed by atoms with E-state index in [-0.39, 0.29) is 29.9 Å². The molecular formula is C18H22F3N3O4S. The zero-order chi connectivity index (χ0) is 21.7. The summed E-state index contributed by atoms with van der Waals surface area (Å²) < 4.78 is 45.4. The van der Waals surface area contributed by atoms with Crippen LogP contribution < -0.4 is 11.2 Å². The predicted molar refractivity (Wildman–Crippen MR) is 102 cm³/mol. The van der Waals surface area contributed by atoms with Gasteiger partial charge in [0.25, 0.3) is 5.56 Å². The van der Waals surface area contributed by atoms with Gasteiger partial charge in [-0.05, 0) is 33.3 Å². The lowest BCUT2D eigenvalue weighted by Gasteiger charge is -2.27. The van der Waals surface area contributed by atoms with Gasteiger partial charge in [0.05, 0.1) is 23.9 Å². The molecule has 0 aromatic carbocycles. The average molecular weight is 433 g/mol. The smallest absolute Gasteiger partial charge is 0.410 e. The highest BCUT2D eigenvalue weighted by Gasteiger charge is 2.40. The molecule has 0 saturated carbocycles. The molecule has 0 N–H and O–H groups in total. The highest BCUT2D eigenvalue weighted by Crippen LogP contribution is 2.33. The number of fused-ring (bicyclic) bond motifs is 1. The van der Waals surface area contributed by atoms with Crippen molar-refractivity contribution in [2.24, 2.45) is 0 Å². The number of carbonyl (C=O) groups is 1. The molecule has 2 aromatic heterocycles. The number of halogens is 3. The summed E-state index contributed by atoms with van der Waals surface area (Å²) in [6, 6.07) is 0. The van der Waals surface area contributed by atoms with Crippen molar-refractivity contribution < 1.29 is 22.7 Å². The number of nitrogens with zero attached hydrogens (tertiary/aromatic N) is 3. The minimum Gasteiger partial charge on any atom is -0.447 e. The fourth-order valence-electron chi connectivity index (χ4n) is 3.37. The van der Waals surface area contributed by atoms with Crippen molar-refractivity contribution in [2.75, 3.05) is 6.61 Å². The van der Waals surface area contributed by atoms with E-state index in [4.69, 9.17) is 4.74 Å². The monoisotopic (exact) mass is 433 g/mol. The zero-order valence-electron chi connectivity index (χ0n) is 16.6. The quantitative estimate of drug-likeness (QED) is 0.726. The summed E-state index contributed by atoms with van der Waals surface area (Å²) >= 11 is 1.07. The number of aromatic nitrogens is 2. The minimum absolute atomic E-state index is 0.0513. The number of thiophene rings is 1. The molecule has 1 aliphatic rings. The molecule has 0 spiro atoms. The van der Waals surface area contributed by atoms with Crippen LogP contribution in [0.3, 0.4) is 0 Å². The van der Waals surface area contributed by atoms with Gasteiger partial charge in [-0.1, -0.05) is 0 Å². The van der Waals surface area contributed by atoms with Gasteiger partial charge in [0, 0.05) is 18.0 Å². The number of hydrogen-bond acceptors (Lipinski definition) is 5. The number of rotatable bonds is 5. The molecule has 160 valence electrons. The Balaban J connectivity index is 2.17. The van der Waals surface area contributed by atoms with Gasteiger partial charge < -0.3 is 4.74 Å². The highest BCUT2D eigenvalue weighted by molar-refractivity contribution is 7.18. The van der Waals surface area contributed by atoms with E-state index in [1.165, 1.54) is 4.90 Å². The van der Waals surface area contributed by atoms with E-state index in [1.54, 1.807) is 13.8 Å². The average Bonchev–Trinajstić information content (AvgIpc) is 3.06. The molecule has 0 aliphatic carbocycles. The third-order valence-electron chi connectivity index (χ3n) is 5.13. The second kappa shape index (κ2) is 7.19. The molecule has 0 radical (unpaired) electrons. The predicted octanol–water partition coefficient (Wildman–Crippen LogP) is 3.24. The van der Waals surface area contributed by atoms with Crippen LogP contribution in [0.5, 0.6) is 0 Å². The molecule has 0 bridgehead atoms. The molecule has 1 aliphatic heterocycles. The number of ether oxygens (including phenoxy) is 1. The fourth-order valence-corrected chi connectivity index (χ4v) is 4.67. The Kier molecular flexibility index (Phi) is 5.31. The van der Waals surface area contributed by atoms with Crippen LogP contribution in [0.15, 0.2) is 9.59 Å². The molecule has 11 heteroatoms. The van der Waals surface area contributed by atoms with Gasteiger partial charge in [-0.3, -0.25) is 18.8 Å². The van der Waals surface area contributed by atoms with Crippen molar-refractivity contribution in [2.45, 2.75) is 65.5 Å². The van der Waals surface area contributed by atoms with Crippen molar-refractivity contribution in [1.82, 2.24) is 14.0 Å². The standard InChI is InChI=1S/C18H22F3N3O4S/c1-5-22-13(25)12-10(2)11(8-24-16(27)28-9-17(24,3)4)29-14(12)23(15(22)26)7-6-18(19,20)21/h5-9H2,1-4H3. The number of aryl methyl sites for hydroxylation is 2. The van der Waals surface area contributed by atoms with E-state index in [0.29, 0.717) is 10.4 Å². The van der Waals surface area contributed by atoms with Crippen molar-refractivity contribution in [3.05, 3.63) is 31.3 Å². The molecular weight excluding hydrogens is 411 g/mol. The normalized spacial score (nSPS) is 16.7. The van der Waals surface area contributed by atoms with Gasteiger partial charge in [-0.25, -0.2) is 9.59 Å². The van der Waals surface area contributed by atoms with Gasteiger partial charge in [0.2, 0.25) is 0 Å². The second-order valence-corrected chi connectivity index (χ2v) is 8.72. The first-order valence-corrected chi connectivity index (χ1v) is 9.95. The van der Waals surface area contributed by atoms with Crippen LogP contribution in [0, 0.1) is 6.92 Å². The summed E-state index contributed by atoms with van der Waals surface area (Å²) in [4.78, 5) is 39.9. The van der Waals surface area contributed by atoms with E-state index in [0.717, 1.165) is 20.5 Å². The molecule has 3 rings (SSSR count). The highest BCUT2D eigenvalue weighted by atomic mass is 32.1. The number of carbonyl (C=O) groups excluding carboxylic acids is 1. The summed E-state index contributed by atoms with van der Waals surface area (Å²) in [5.41, 5.74) is -1.28. The summed E-state index contributed by atoms with van der Waals surface area (Å²) in [7, 11) is 0. The second-order valence-electron chi connectivity index (χ2n) is 7.63. The first kappa shape index (κ1) is 21.4. The van der Waals surface area contributed by atoms with Crippen LogP contribution in [0.2, 0.25) is 0 Å². The maximum absolute atomic E-state index is 12.8. The molecule has 0 unspecified atom stereocenters. The third-order valence-corrected chi connectivity index (χ3v) is 6.43. The van der Waals surface area contributed by atoms with Crippen LogP contribution in [0.25, 0.3) is 10.2 Å². The minimum atomic E-state index is -4.43. The summed E-state index contributed by atoms with van der Waals surface area (Å²) in [5.74, 6) is 0. The molecule has 3 heterocycles. The first-order chi connectivity index (χ1) is 13.4. The van der Waals surface area contributed by atoms with E-state index in [2.05, 4.69) is 0 Å². The lowest BCUT2D eigenvalue weighted by molar-refractivity contribution is -0.136. The van der Waals surface area contributed by atoms with E-state index in [1.807, 2.05) is 13.8 Å². The Morgan fingerprint density at radius 3 is 2.34 bits per heavy atom. The van der Waals surface area contributed by atoms with Crippen molar-refractivity contribution in [3.63, 3.8) is 0 Å². The van der Waals surface area contributed by atoms with Crippen LogP contribution in [-0.2, 0) is 24.4 Å². The molecule has 1 saturated heterocycles. The Hall–Kier alpha value is -2.30. The molecule has 29 heavy (non-hydrogen) atoms. The lowest BCUT2D eigenvalue weighted by Crippen LogP contribution is -2.41. The maximum atomic E-state index is 12.8. The lowest BCUT2D eigenvalue weighted by atomic mass is 10.1. The Bertz CT molecular complexity index is 1080. The Morgan fingerprint density at radius 1 is 1.17 bits per heavy atom. The SMILES string of the molecule is CCn1c(=O)c2c(C)c(CN3C(=O)OCC3(C)C)sc2n(CCC(F)(F)F)c1=O. The molecule has 2 aromatic rings. The molecule has 1 amide bonds. The summed E-state index contributed by atoms with van der Waals surface area (Å²) in [6.45, 7) is 6.79. The largest absolute Gasteiger partial charge is 0.447 e. The van der Waals surface area contributed by atoms with Gasteiger partial charge in [0.1, 0.15) is 11.4 Å². The summed E-state index contributed by atoms with van der Waals surface area (Å²) in [5, 5.41) is 0.221. The van der Waals surface area contributed by atoms with E-state index >= 15 is 0 Å². The van der Waals surface area contributed by atoms with Gasteiger partial charge in [0.15, 0.2) is 0 Å². The van der Waals surface area contributed by atoms with E-state index in [9.17, 15) is 27.6 Å². The first-order valence-electron chi connectivity index (χ1n) is 9.14. The van der Waals surface area contributed by atoms with Gasteiger partial charge in [-0.15, -0.1) is 11.3 Å². The summed E-state index contributed by atoms with van der Waals surface area (Å²) in [6.07, 6.45) is -6.11. The van der Waals surface area contributed by atoms with Crippen LogP contribution >= 0.6 is 11.3 Å². The van der Waals surface area contributed by atoms with Crippen molar-refractivity contribution in [3.8, 4) is 0 Å². The van der Waals surface area contributed by atoms with Crippen molar-refractivity contribution >= 4 is 27.6 Å². The van der Waals surface area contributed by atoms with Crippen LogP contribution in [0.1, 0.15) is 37.6 Å². The van der Waals surface area contributed by atoms with Crippen LogP contribution in [-0.4, -0.2) is 38.4 Å². The van der Waals surface area contributed by atoms with Crippen molar-refractivity contribution in [1.29, 1.82) is 0 Å². The number of hydrogen-bond donors (Lipinski definition) is 0. The number of alkyl halides is 3. The molecule has 7 nitrogen and oxygen atoms in total. The van der Waals surface area contributed by atoms with Crippen LogP contribution in [0.4, 0.5) is 18.0 Å². The zero-order valence-corrected chi connectivity index (χ0v) is 17.4. The Morgan fingerprint density at radius 2 is 1.83 bits per heavy atom. The fraction of sp³-hybridized carbons (Fsp3) is 0.611. The van der Waals surface area contributed by atoms with Gasteiger partial charge >= 0.3 is 18.0 Å². The Labute approximate surface area is 168 Å². The molecule has 0 atom stereocenters. The topological polar surface area (TPSA) is 73.5 Å². The van der Waals surface area contributed by atoms with Gasteiger partial charge in [-0.2, -0.15) is 13.2 Å². The number of amides is 1. The van der Waals surface area contributed by atoms with E-state index < -0.39 is 42.0 Å². The molecule has 1 fully saturated rings. The maximum Gasteiger partial charge on any atom is 0.410 e. The number of cyclic esters (lactones) is 1. The third kappa shape index (κ3) is 3.79.